The van der Waals surface area contributed by atoms with Crippen LogP contribution in [0.1, 0.15) is 25.1 Å². The second-order valence-corrected chi connectivity index (χ2v) is 6.38. The van der Waals surface area contributed by atoms with Gasteiger partial charge in [0.1, 0.15) is 0 Å². The van der Waals surface area contributed by atoms with Crippen LogP contribution in [0.4, 0.5) is 0 Å². The minimum atomic E-state index is -0.384. The number of aromatic nitrogens is 4. The molecule has 1 aromatic carbocycles. The van der Waals surface area contributed by atoms with Crippen LogP contribution < -0.4 is 5.56 Å². The molecule has 0 bridgehead atoms. The Labute approximate surface area is 153 Å². The quantitative estimate of drug-likeness (QED) is 0.352. The summed E-state index contributed by atoms with van der Waals surface area (Å²) in [5, 5.41) is 4.86. The summed E-state index contributed by atoms with van der Waals surface area (Å²) in [7, 11) is 1.32. The van der Waals surface area contributed by atoms with E-state index in [0.29, 0.717) is 39.9 Å². The van der Waals surface area contributed by atoms with Gasteiger partial charge in [-0.3, -0.25) is 14.2 Å². The Bertz CT molecular complexity index is 982. The highest BCUT2D eigenvalue weighted by atomic mass is 32.2. The number of hydrogen-bond donors (Lipinski definition) is 0. The molecule has 3 rings (SSSR count). The first-order valence-electron chi connectivity index (χ1n) is 8.13. The maximum atomic E-state index is 12.8. The Morgan fingerprint density at radius 2 is 2.12 bits per heavy atom. The summed E-state index contributed by atoms with van der Waals surface area (Å²) in [6, 6.07) is 7.12. The third kappa shape index (κ3) is 3.93. The monoisotopic (exact) mass is 374 g/mol. The molecule has 0 saturated carbocycles. The largest absolute Gasteiger partial charge is 0.469 e. The number of carbonyl (C=O) groups is 1. The number of para-hydroxylation sites is 1. The highest BCUT2D eigenvalue weighted by molar-refractivity contribution is 7.98. The zero-order valence-corrected chi connectivity index (χ0v) is 15.3. The summed E-state index contributed by atoms with van der Waals surface area (Å²) in [5.41, 5.74) is 0.413. The van der Waals surface area contributed by atoms with Gasteiger partial charge < -0.3 is 9.26 Å². The van der Waals surface area contributed by atoms with Gasteiger partial charge in [0.15, 0.2) is 11.0 Å². The number of thioether (sulfide) groups is 1. The zero-order chi connectivity index (χ0) is 18.5. The lowest BCUT2D eigenvalue weighted by molar-refractivity contribution is -0.140. The van der Waals surface area contributed by atoms with Gasteiger partial charge >= 0.3 is 5.97 Å². The van der Waals surface area contributed by atoms with E-state index in [1.165, 1.54) is 23.4 Å². The van der Waals surface area contributed by atoms with Gasteiger partial charge in [-0.15, -0.1) is 0 Å². The van der Waals surface area contributed by atoms with Crippen LogP contribution in [-0.4, -0.2) is 32.8 Å². The predicted molar refractivity (Wildman–Crippen MR) is 95.9 cm³/mol. The minimum absolute atomic E-state index is 0.0878. The van der Waals surface area contributed by atoms with Crippen molar-refractivity contribution in [2.75, 3.05) is 7.11 Å². The van der Waals surface area contributed by atoms with Crippen LogP contribution >= 0.6 is 11.8 Å². The number of benzene rings is 1. The molecule has 3 aromatic rings. The molecule has 0 aliphatic carbocycles. The molecule has 8 nitrogen and oxygen atoms in total. The van der Waals surface area contributed by atoms with E-state index in [-0.39, 0.29) is 24.5 Å². The summed E-state index contributed by atoms with van der Waals surface area (Å²) in [5.74, 6) is 1.10. The van der Waals surface area contributed by atoms with Crippen LogP contribution in [0.15, 0.2) is 38.7 Å². The molecule has 0 aliphatic rings. The Kier molecular flexibility index (Phi) is 5.67. The number of methoxy groups -OCH3 is 1. The molecule has 0 saturated heterocycles. The SMILES string of the molecule is CCc1noc(CSc2nc3ccccc3c(=O)n2CCC(=O)OC)n1. The predicted octanol–water partition coefficient (Wildman–Crippen LogP) is 2.20. The second kappa shape index (κ2) is 8.13. The van der Waals surface area contributed by atoms with Gasteiger partial charge in [-0.25, -0.2) is 4.98 Å². The number of nitrogens with zero attached hydrogens (tertiary/aromatic N) is 4. The lowest BCUT2D eigenvalue weighted by Crippen LogP contribution is -2.24. The van der Waals surface area contributed by atoms with E-state index < -0.39 is 0 Å². The van der Waals surface area contributed by atoms with Crippen LogP contribution in [0.25, 0.3) is 10.9 Å². The minimum Gasteiger partial charge on any atom is -0.469 e. The van der Waals surface area contributed by atoms with E-state index in [9.17, 15) is 9.59 Å². The van der Waals surface area contributed by atoms with Crippen LogP contribution in [0.3, 0.4) is 0 Å². The van der Waals surface area contributed by atoms with Crippen LogP contribution in [0.2, 0.25) is 0 Å². The van der Waals surface area contributed by atoms with Gasteiger partial charge in [-0.1, -0.05) is 36.0 Å². The topological polar surface area (TPSA) is 100 Å². The lowest BCUT2D eigenvalue weighted by Gasteiger charge is -2.12. The smallest absolute Gasteiger partial charge is 0.307 e. The Balaban J connectivity index is 1.92. The summed E-state index contributed by atoms with van der Waals surface area (Å²) in [6.45, 7) is 2.13. The molecule has 0 unspecified atom stereocenters. The Hall–Kier alpha value is -2.68. The first kappa shape index (κ1) is 18.1. The van der Waals surface area contributed by atoms with Crippen LogP contribution in [0.5, 0.6) is 0 Å². The second-order valence-electron chi connectivity index (χ2n) is 5.44. The molecule has 0 spiro atoms. The van der Waals surface area contributed by atoms with Gasteiger partial charge in [-0.2, -0.15) is 4.98 Å². The molecule has 0 radical (unpaired) electrons. The summed E-state index contributed by atoms with van der Waals surface area (Å²) < 4.78 is 11.3. The third-order valence-corrected chi connectivity index (χ3v) is 4.71. The lowest BCUT2D eigenvalue weighted by atomic mass is 10.2. The van der Waals surface area contributed by atoms with Gasteiger partial charge in [-0.05, 0) is 12.1 Å². The standard InChI is InChI=1S/C17H18N4O4S/c1-3-13-19-14(25-20-13)10-26-17-18-12-7-5-4-6-11(12)16(23)21(17)9-8-15(22)24-2/h4-7H,3,8-10H2,1-2H3. The maximum Gasteiger partial charge on any atom is 0.307 e. The normalized spacial score (nSPS) is 11.0. The number of hydrogen-bond acceptors (Lipinski definition) is 8. The summed E-state index contributed by atoms with van der Waals surface area (Å²) in [6.07, 6.45) is 0.775. The van der Waals surface area contributed by atoms with Crippen molar-refractivity contribution >= 4 is 28.6 Å². The van der Waals surface area contributed by atoms with Crippen molar-refractivity contribution in [3.63, 3.8) is 0 Å². The van der Waals surface area contributed by atoms with Gasteiger partial charge in [0.2, 0.25) is 5.89 Å². The molecular weight excluding hydrogens is 356 g/mol. The molecule has 136 valence electrons. The van der Waals surface area contributed by atoms with E-state index >= 15 is 0 Å². The van der Waals surface area contributed by atoms with Gasteiger partial charge in [0, 0.05) is 13.0 Å². The third-order valence-electron chi connectivity index (χ3n) is 3.74. The van der Waals surface area contributed by atoms with E-state index in [1.54, 1.807) is 18.2 Å². The number of rotatable bonds is 7. The fourth-order valence-corrected chi connectivity index (χ4v) is 3.24. The average Bonchev–Trinajstić information content (AvgIpc) is 3.13. The van der Waals surface area contributed by atoms with Crippen molar-refractivity contribution in [3.8, 4) is 0 Å². The van der Waals surface area contributed by atoms with Crippen LogP contribution in [0, 0.1) is 0 Å². The van der Waals surface area contributed by atoms with E-state index in [1.807, 2.05) is 13.0 Å². The molecule has 0 atom stereocenters. The summed E-state index contributed by atoms with van der Waals surface area (Å²) in [4.78, 5) is 33.1. The van der Waals surface area contributed by atoms with Crippen molar-refractivity contribution in [1.29, 1.82) is 0 Å². The molecule has 26 heavy (non-hydrogen) atoms. The van der Waals surface area contributed by atoms with Crippen LogP contribution in [-0.2, 0) is 28.2 Å². The van der Waals surface area contributed by atoms with Crippen molar-refractivity contribution in [2.24, 2.45) is 0 Å². The molecule has 0 aliphatic heterocycles. The molecule has 0 N–H and O–H groups in total. The van der Waals surface area contributed by atoms with Crippen molar-refractivity contribution < 1.29 is 14.1 Å². The number of esters is 1. The van der Waals surface area contributed by atoms with Gasteiger partial charge in [0.05, 0.1) is 30.2 Å². The Morgan fingerprint density at radius 3 is 2.85 bits per heavy atom. The van der Waals surface area contributed by atoms with E-state index in [2.05, 4.69) is 19.9 Å². The highest BCUT2D eigenvalue weighted by Crippen LogP contribution is 2.22. The zero-order valence-electron chi connectivity index (χ0n) is 14.5. The fourth-order valence-electron chi connectivity index (χ4n) is 2.38. The van der Waals surface area contributed by atoms with Crippen molar-refractivity contribution in [1.82, 2.24) is 19.7 Å². The van der Waals surface area contributed by atoms with E-state index in [4.69, 9.17) is 4.52 Å². The summed E-state index contributed by atoms with van der Waals surface area (Å²) >= 11 is 1.32. The van der Waals surface area contributed by atoms with Crippen molar-refractivity contribution in [2.45, 2.75) is 37.2 Å². The van der Waals surface area contributed by atoms with Gasteiger partial charge in [0.25, 0.3) is 5.56 Å². The molecule has 2 heterocycles. The maximum absolute atomic E-state index is 12.8. The molecule has 0 fully saturated rings. The molecule has 9 heteroatoms. The Morgan fingerprint density at radius 1 is 1.31 bits per heavy atom. The molecule has 0 amide bonds. The van der Waals surface area contributed by atoms with Crippen molar-refractivity contribution in [3.05, 3.63) is 46.3 Å². The number of ether oxygens (including phenoxy) is 1. The molecular formula is C17H18N4O4S. The number of fused-ring (bicyclic) bond motifs is 1. The fraction of sp³-hybridized carbons (Fsp3) is 0.353. The first-order valence-corrected chi connectivity index (χ1v) is 9.11. The van der Waals surface area contributed by atoms with E-state index in [0.717, 1.165) is 0 Å². The average molecular weight is 374 g/mol. The number of aryl methyl sites for hydroxylation is 1. The number of carbonyl (C=O) groups excluding carboxylic acids is 1. The first-order chi connectivity index (χ1) is 12.6. The highest BCUT2D eigenvalue weighted by Gasteiger charge is 2.14. The molecule has 2 aromatic heterocycles.